The highest BCUT2D eigenvalue weighted by atomic mass is 16.5. The van der Waals surface area contributed by atoms with Crippen molar-refractivity contribution in [2.45, 2.75) is 31.7 Å². The second-order valence-corrected chi connectivity index (χ2v) is 5.49. The molecule has 3 aliphatic rings. The van der Waals surface area contributed by atoms with E-state index < -0.39 is 0 Å². The second kappa shape index (κ2) is 3.56. The number of carbonyl (C=O) groups is 1. The molecule has 1 aliphatic heterocycles. The number of nitrogens with two attached hydrogens (primary N) is 1. The van der Waals surface area contributed by atoms with Gasteiger partial charge in [-0.3, -0.25) is 4.79 Å². The van der Waals surface area contributed by atoms with Gasteiger partial charge in [-0.05, 0) is 31.1 Å². The van der Waals surface area contributed by atoms with Crippen LogP contribution in [0.2, 0.25) is 0 Å². The molecule has 5 atom stereocenters. The van der Waals surface area contributed by atoms with Crippen LogP contribution in [0.3, 0.4) is 0 Å². The molecule has 0 amide bonds. The molecule has 3 heteroatoms. The quantitative estimate of drug-likeness (QED) is 0.737. The van der Waals surface area contributed by atoms with E-state index in [1.807, 2.05) is 0 Å². The fourth-order valence-corrected chi connectivity index (χ4v) is 3.73. The minimum Gasteiger partial charge on any atom is -0.379 e. The van der Waals surface area contributed by atoms with Crippen LogP contribution in [0.5, 0.6) is 0 Å². The highest BCUT2D eigenvalue weighted by molar-refractivity contribution is 5.85. The van der Waals surface area contributed by atoms with E-state index in [0.29, 0.717) is 30.8 Å². The molecule has 0 aromatic carbocycles. The molecule has 2 N–H and O–H groups in total. The predicted molar refractivity (Wildman–Crippen MR) is 56.2 cm³/mol. The lowest BCUT2D eigenvalue weighted by atomic mass is 9.80. The normalized spacial score (nSPS) is 48.7. The third-order valence-electron chi connectivity index (χ3n) is 4.59. The van der Waals surface area contributed by atoms with Crippen molar-refractivity contribution in [1.82, 2.24) is 0 Å². The molecule has 3 rings (SSSR count). The molecule has 15 heavy (non-hydrogen) atoms. The van der Waals surface area contributed by atoms with E-state index in [-0.39, 0.29) is 12.0 Å². The minimum atomic E-state index is -0.0448. The first-order valence-corrected chi connectivity index (χ1v) is 6.12. The Hall–Kier alpha value is -0.410. The van der Waals surface area contributed by atoms with Crippen molar-refractivity contribution in [3.63, 3.8) is 0 Å². The molecule has 2 bridgehead atoms. The maximum absolute atomic E-state index is 12.3. The van der Waals surface area contributed by atoms with Crippen LogP contribution in [0.1, 0.15) is 25.7 Å². The molecular weight excluding hydrogens is 190 g/mol. The second-order valence-electron chi connectivity index (χ2n) is 5.49. The topological polar surface area (TPSA) is 52.3 Å². The number of hydrogen-bond donors (Lipinski definition) is 1. The third-order valence-corrected chi connectivity index (χ3v) is 4.59. The molecule has 2 saturated carbocycles. The van der Waals surface area contributed by atoms with Crippen molar-refractivity contribution in [1.29, 1.82) is 0 Å². The van der Waals surface area contributed by atoms with Gasteiger partial charge in [-0.25, -0.2) is 0 Å². The molecule has 1 saturated heterocycles. The maximum Gasteiger partial charge on any atom is 0.143 e. The van der Waals surface area contributed by atoms with Gasteiger partial charge in [0.1, 0.15) is 5.78 Å². The zero-order valence-electron chi connectivity index (χ0n) is 9.02. The van der Waals surface area contributed by atoms with Crippen molar-refractivity contribution in [2.75, 3.05) is 13.2 Å². The zero-order valence-corrected chi connectivity index (χ0v) is 9.02. The van der Waals surface area contributed by atoms with Crippen LogP contribution < -0.4 is 5.73 Å². The average molecular weight is 209 g/mol. The SMILES string of the molecule is NC1COCC1C(=O)C1CC2CCC1C2. The zero-order chi connectivity index (χ0) is 10.4. The van der Waals surface area contributed by atoms with Crippen LogP contribution in [0.25, 0.3) is 0 Å². The lowest BCUT2D eigenvalue weighted by molar-refractivity contribution is -0.128. The molecule has 0 aromatic heterocycles. The van der Waals surface area contributed by atoms with Crippen LogP contribution in [0, 0.1) is 23.7 Å². The fraction of sp³-hybridized carbons (Fsp3) is 0.917. The van der Waals surface area contributed by atoms with Gasteiger partial charge in [0.25, 0.3) is 0 Å². The van der Waals surface area contributed by atoms with Gasteiger partial charge in [0.2, 0.25) is 0 Å². The van der Waals surface area contributed by atoms with E-state index in [1.54, 1.807) is 0 Å². The van der Waals surface area contributed by atoms with E-state index in [9.17, 15) is 4.79 Å². The highest BCUT2D eigenvalue weighted by Crippen LogP contribution is 2.49. The van der Waals surface area contributed by atoms with Crippen LogP contribution in [-0.2, 0) is 9.53 Å². The lowest BCUT2D eigenvalue weighted by Gasteiger charge is -2.24. The molecule has 2 aliphatic carbocycles. The Labute approximate surface area is 90.4 Å². The summed E-state index contributed by atoms with van der Waals surface area (Å²) in [6, 6.07) is -0.0448. The van der Waals surface area contributed by atoms with Gasteiger partial charge < -0.3 is 10.5 Å². The smallest absolute Gasteiger partial charge is 0.143 e. The van der Waals surface area contributed by atoms with Crippen molar-refractivity contribution < 1.29 is 9.53 Å². The number of ketones is 1. The molecule has 0 aromatic rings. The molecule has 5 unspecified atom stereocenters. The number of ether oxygens (including phenoxy) is 1. The number of rotatable bonds is 2. The summed E-state index contributed by atoms with van der Waals surface area (Å²) in [6.45, 7) is 1.13. The van der Waals surface area contributed by atoms with Gasteiger partial charge >= 0.3 is 0 Å². The predicted octanol–water partition coefficient (Wildman–Crippen LogP) is 0.965. The van der Waals surface area contributed by atoms with E-state index in [2.05, 4.69) is 0 Å². The minimum absolute atomic E-state index is 0.00523. The summed E-state index contributed by atoms with van der Waals surface area (Å²) in [5.41, 5.74) is 5.90. The fourth-order valence-electron chi connectivity index (χ4n) is 3.73. The van der Waals surface area contributed by atoms with Crippen LogP contribution in [0.15, 0.2) is 0 Å². The van der Waals surface area contributed by atoms with Crippen molar-refractivity contribution >= 4 is 5.78 Å². The molecule has 3 nitrogen and oxygen atoms in total. The Kier molecular flexibility index (Phi) is 2.33. The van der Waals surface area contributed by atoms with Gasteiger partial charge in [0.05, 0.1) is 19.1 Å². The largest absolute Gasteiger partial charge is 0.379 e. The lowest BCUT2D eigenvalue weighted by Crippen LogP contribution is -2.38. The average Bonchev–Trinajstić information content (AvgIpc) is 2.91. The summed E-state index contributed by atoms with van der Waals surface area (Å²) in [4.78, 5) is 12.3. The summed E-state index contributed by atoms with van der Waals surface area (Å²) in [5.74, 6) is 2.24. The van der Waals surface area contributed by atoms with Gasteiger partial charge in [-0.2, -0.15) is 0 Å². The van der Waals surface area contributed by atoms with Crippen molar-refractivity contribution in [3.05, 3.63) is 0 Å². The molecule has 0 spiro atoms. The van der Waals surface area contributed by atoms with E-state index in [0.717, 1.165) is 12.3 Å². The van der Waals surface area contributed by atoms with Gasteiger partial charge in [0, 0.05) is 12.0 Å². The van der Waals surface area contributed by atoms with Gasteiger partial charge in [-0.1, -0.05) is 6.42 Å². The third kappa shape index (κ3) is 1.53. The standard InChI is InChI=1S/C12H19NO2/c13-11-6-15-5-10(11)12(14)9-4-7-1-2-8(9)3-7/h7-11H,1-6,13H2. The van der Waals surface area contributed by atoms with Crippen molar-refractivity contribution in [2.24, 2.45) is 29.4 Å². The Morgan fingerprint density at radius 1 is 1.13 bits per heavy atom. The molecule has 1 heterocycles. The molecule has 0 radical (unpaired) electrons. The van der Waals surface area contributed by atoms with Crippen LogP contribution in [-0.4, -0.2) is 25.0 Å². The summed E-state index contributed by atoms with van der Waals surface area (Å²) in [7, 11) is 0. The Balaban J connectivity index is 1.69. The Morgan fingerprint density at radius 3 is 2.53 bits per heavy atom. The van der Waals surface area contributed by atoms with E-state index in [4.69, 9.17) is 10.5 Å². The van der Waals surface area contributed by atoms with Crippen molar-refractivity contribution in [3.8, 4) is 0 Å². The summed E-state index contributed by atoms with van der Waals surface area (Å²) in [5, 5.41) is 0. The summed E-state index contributed by atoms with van der Waals surface area (Å²) >= 11 is 0. The molecular formula is C12H19NO2. The Bertz CT molecular complexity index is 279. The first kappa shape index (κ1) is 9.79. The first-order chi connectivity index (χ1) is 7.25. The number of Topliss-reactive ketones (excluding diaryl/α,β-unsaturated/α-hetero) is 1. The van der Waals surface area contributed by atoms with E-state index >= 15 is 0 Å². The van der Waals surface area contributed by atoms with Gasteiger partial charge in [-0.15, -0.1) is 0 Å². The Morgan fingerprint density at radius 2 is 2.00 bits per heavy atom. The number of hydrogen-bond acceptors (Lipinski definition) is 3. The van der Waals surface area contributed by atoms with E-state index in [1.165, 1.54) is 19.3 Å². The highest BCUT2D eigenvalue weighted by Gasteiger charge is 2.46. The summed E-state index contributed by atoms with van der Waals surface area (Å²) in [6.07, 6.45) is 5.04. The summed E-state index contributed by atoms with van der Waals surface area (Å²) < 4.78 is 5.28. The van der Waals surface area contributed by atoms with Crippen LogP contribution >= 0.6 is 0 Å². The molecule has 3 fully saturated rings. The first-order valence-electron chi connectivity index (χ1n) is 6.12. The number of fused-ring (bicyclic) bond motifs is 2. The maximum atomic E-state index is 12.3. The van der Waals surface area contributed by atoms with Crippen LogP contribution in [0.4, 0.5) is 0 Å². The number of carbonyl (C=O) groups excluding carboxylic acids is 1. The van der Waals surface area contributed by atoms with Gasteiger partial charge in [0.15, 0.2) is 0 Å². The molecule has 84 valence electrons. The monoisotopic (exact) mass is 209 g/mol.